The van der Waals surface area contributed by atoms with E-state index in [9.17, 15) is 0 Å². The number of rotatable bonds is 5. The third kappa shape index (κ3) is 3.65. The molecule has 0 saturated carbocycles. The van der Waals surface area contributed by atoms with E-state index in [4.69, 9.17) is 20.8 Å². The van der Waals surface area contributed by atoms with Crippen molar-refractivity contribution in [3.8, 4) is 28.0 Å². The van der Waals surface area contributed by atoms with Gasteiger partial charge in [-0.1, -0.05) is 41.9 Å². The molecule has 5 rings (SSSR count). The highest BCUT2D eigenvalue weighted by molar-refractivity contribution is 6.32. The minimum atomic E-state index is 0.345. The molecule has 3 aromatic heterocycles. The van der Waals surface area contributed by atoms with Crippen LogP contribution in [-0.4, -0.2) is 9.97 Å². The first kappa shape index (κ1) is 18.4. The molecule has 5 aromatic rings. The molecule has 4 nitrogen and oxygen atoms in total. The van der Waals surface area contributed by atoms with Crippen molar-refractivity contribution >= 4 is 22.5 Å². The second-order valence-electron chi connectivity index (χ2n) is 6.86. The quantitative estimate of drug-likeness (QED) is 0.319. The van der Waals surface area contributed by atoms with E-state index in [1.165, 1.54) is 0 Å². The Morgan fingerprint density at radius 1 is 0.833 bits per heavy atom. The van der Waals surface area contributed by atoms with Crippen LogP contribution in [0.25, 0.3) is 33.2 Å². The summed E-state index contributed by atoms with van der Waals surface area (Å²) in [5.41, 5.74) is 5.74. The van der Waals surface area contributed by atoms with Crippen LogP contribution >= 0.6 is 11.6 Å². The number of aromatic nitrogens is 2. The molecule has 0 aliphatic rings. The summed E-state index contributed by atoms with van der Waals surface area (Å²) in [5, 5.41) is 1.64. The number of ether oxygens (including phenoxy) is 1. The monoisotopic (exact) mass is 412 g/mol. The summed E-state index contributed by atoms with van der Waals surface area (Å²) in [4.78, 5) is 8.71. The molecule has 0 saturated heterocycles. The van der Waals surface area contributed by atoms with Crippen molar-refractivity contribution in [3.05, 3.63) is 102 Å². The first-order chi connectivity index (χ1) is 14.8. The van der Waals surface area contributed by atoms with Crippen LogP contribution in [0.3, 0.4) is 0 Å². The number of pyridine rings is 2. The lowest BCUT2D eigenvalue weighted by Crippen LogP contribution is -1.99. The molecule has 0 fully saturated rings. The third-order valence-corrected chi connectivity index (χ3v) is 5.22. The third-order valence-electron chi connectivity index (χ3n) is 4.93. The predicted molar refractivity (Wildman–Crippen MR) is 118 cm³/mol. The topological polar surface area (TPSA) is 48.2 Å². The van der Waals surface area contributed by atoms with Crippen molar-refractivity contribution < 1.29 is 9.15 Å². The molecule has 0 N–H and O–H groups in total. The van der Waals surface area contributed by atoms with Gasteiger partial charge in [-0.15, -0.1) is 0 Å². The molecule has 2 aromatic carbocycles. The summed E-state index contributed by atoms with van der Waals surface area (Å²) >= 11 is 6.52. The number of fused-ring (bicyclic) bond motifs is 1. The largest absolute Gasteiger partial charge is 0.486 e. The normalized spacial score (nSPS) is 11.0. The Balaban J connectivity index is 1.37. The second-order valence-corrected chi connectivity index (χ2v) is 7.27. The summed E-state index contributed by atoms with van der Waals surface area (Å²) in [6, 6.07) is 21.7. The average Bonchev–Trinajstić information content (AvgIpc) is 3.29. The van der Waals surface area contributed by atoms with Crippen molar-refractivity contribution in [1.29, 1.82) is 0 Å². The van der Waals surface area contributed by atoms with Gasteiger partial charge in [-0.25, -0.2) is 4.98 Å². The lowest BCUT2D eigenvalue weighted by atomic mass is 10.00. The van der Waals surface area contributed by atoms with Gasteiger partial charge in [0.05, 0.1) is 28.8 Å². The Hall–Kier alpha value is -3.63. The number of furan rings is 1. The van der Waals surface area contributed by atoms with Gasteiger partial charge in [0.25, 0.3) is 0 Å². The molecule has 0 aliphatic heterocycles. The van der Waals surface area contributed by atoms with Crippen molar-refractivity contribution in [2.45, 2.75) is 6.61 Å². The highest BCUT2D eigenvalue weighted by Crippen LogP contribution is 2.36. The van der Waals surface area contributed by atoms with Crippen molar-refractivity contribution in [2.24, 2.45) is 0 Å². The Labute approximate surface area is 178 Å². The summed E-state index contributed by atoms with van der Waals surface area (Å²) in [7, 11) is 0. The van der Waals surface area contributed by atoms with Crippen LogP contribution in [0.2, 0.25) is 5.02 Å². The Bertz CT molecular complexity index is 1320. The maximum absolute atomic E-state index is 6.52. The van der Waals surface area contributed by atoms with Crippen molar-refractivity contribution in [1.82, 2.24) is 9.97 Å². The zero-order valence-corrected chi connectivity index (χ0v) is 16.7. The molecule has 146 valence electrons. The van der Waals surface area contributed by atoms with E-state index in [1.54, 1.807) is 24.9 Å². The Kier molecular flexibility index (Phi) is 4.91. The highest BCUT2D eigenvalue weighted by atomic mass is 35.5. The van der Waals surface area contributed by atoms with E-state index in [-0.39, 0.29) is 0 Å². The van der Waals surface area contributed by atoms with Gasteiger partial charge in [0.15, 0.2) is 0 Å². The number of nitrogens with zero attached hydrogens (tertiary/aromatic N) is 2. The fourth-order valence-corrected chi connectivity index (χ4v) is 3.64. The molecule has 30 heavy (non-hydrogen) atoms. The molecule has 0 aliphatic carbocycles. The number of hydrogen-bond donors (Lipinski definition) is 0. The van der Waals surface area contributed by atoms with Crippen molar-refractivity contribution in [3.63, 3.8) is 0 Å². The van der Waals surface area contributed by atoms with E-state index in [1.807, 2.05) is 66.7 Å². The molecule has 0 amide bonds. The van der Waals surface area contributed by atoms with Gasteiger partial charge in [-0.2, -0.15) is 0 Å². The minimum Gasteiger partial charge on any atom is -0.486 e. The number of halogens is 1. The predicted octanol–water partition coefficient (Wildman–Crippen LogP) is 6.79. The minimum absolute atomic E-state index is 0.345. The van der Waals surface area contributed by atoms with E-state index in [0.717, 1.165) is 38.9 Å². The van der Waals surface area contributed by atoms with E-state index < -0.39 is 0 Å². The lowest BCUT2D eigenvalue weighted by molar-refractivity contribution is 0.302. The highest BCUT2D eigenvalue weighted by Gasteiger charge is 2.12. The zero-order valence-electron chi connectivity index (χ0n) is 16.0. The summed E-state index contributed by atoms with van der Waals surface area (Å²) in [6.45, 7) is 0.345. The fraction of sp³-hybridized carbons (Fsp3) is 0.0400. The molecular weight excluding hydrogens is 396 g/mol. The average molecular weight is 413 g/mol. The van der Waals surface area contributed by atoms with Gasteiger partial charge in [0.1, 0.15) is 12.4 Å². The van der Waals surface area contributed by atoms with Crippen molar-refractivity contribution in [2.75, 3.05) is 0 Å². The van der Waals surface area contributed by atoms with Gasteiger partial charge in [-0.3, -0.25) is 4.98 Å². The molecular formula is C25H17ClN2O2. The molecule has 0 atom stereocenters. The molecule has 0 spiro atoms. The van der Waals surface area contributed by atoms with Gasteiger partial charge in [0, 0.05) is 28.9 Å². The van der Waals surface area contributed by atoms with Crippen LogP contribution in [-0.2, 0) is 6.61 Å². The first-order valence-corrected chi connectivity index (χ1v) is 9.90. The van der Waals surface area contributed by atoms with Crippen LogP contribution in [0.1, 0.15) is 5.69 Å². The molecule has 3 heterocycles. The second kappa shape index (κ2) is 8.01. The molecule has 0 bridgehead atoms. The molecule has 0 unspecified atom stereocenters. The smallest absolute Gasteiger partial charge is 0.138 e. The van der Waals surface area contributed by atoms with Gasteiger partial charge < -0.3 is 9.15 Å². The first-order valence-electron chi connectivity index (χ1n) is 9.52. The number of hydrogen-bond acceptors (Lipinski definition) is 4. The standard InChI is InChI=1S/C25H17ClN2O2/c26-23-13-19(22-16-29-15-21(22)17-9-11-27-12-10-17)6-8-25(23)30-14-20-7-5-18-3-1-2-4-24(18)28-20/h1-13,15-16H,14H2. The zero-order chi connectivity index (χ0) is 20.3. The number of benzene rings is 2. The van der Waals surface area contributed by atoms with Gasteiger partial charge in [0.2, 0.25) is 0 Å². The van der Waals surface area contributed by atoms with Crippen LogP contribution < -0.4 is 4.74 Å². The summed E-state index contributed by atoms with van der Waals surface area (Å²) in [5.74, 6) is 0.615. The SMILES string of the molecule is Clc1cc(-c2cocc2-c2ccncc2)ccc1OCc1ccc2ccccc2n1. The van der Waals surface area contributed by atoms with E-state index >= 15 is 0 Å². The molecule has 5 heteroatoms. The van der Waals surface area contributed by atoms with Crippen LogP contribution in [0.15, 0.2) is 96.1 Å². The fourth-order valence-electron chi connectivity index (χ4n) is 3.40. The molecule has 0 radical (unpaired) electrons. The number of para-hydroxylation sites is 1. The van der Waals surface area contributed by atoms with E-state index in [0.29, 0.717) is 17.4 Å². The van der Waals surface area contributed by atoms with E-state index in [2.05, 4.69) is 9.97 Å². The Morgan fingerprint density at radius 2 is 1.63 bits per heavy atom. The summed E-state index contributed by atoms with van der Waals surface area (Å²) in [6.07, 6.45) is 6.98. The maximum atomic E-state index is 6.52. The van der Waals surface area contributed by atoms with Crippen LogP contribution in [0.4, 0.5) is 0 Å². The van der Waals surface area contributed by atoms with Gasteiger partial charge in [-0.05, 0) is 47.5 Å². The summed E-state index contributed by atoms with van der Waals surface area (Å²) < 4.78 is 11.4. The van der Waals surface area contributed by atoms with Crippen LogP contribution in [0, 0.1) is 0 Å². The maximum Gasteiger partial charge on any atom is 0.138 e. The van der Waals surface area contributed by atoms with Crippen LogP contribution in [0.5, 0.6) is 5.75 Å². The lowest BCUT2D eigenvalue weighted by Gasteiger charge is -2.10. The Morgan fingerprint density at radius 3 is 2.47 bits per heavy atom. The van der Waals surface area contributed by atoms with Gasteiger partial charge >= 0.3 is 0 Å².